The van der Waals surface area contributed by atoms with Crippen molar-refractivity contribution in [1.82, 2.24) is 9.97 Å². The summed E-state index contributed by atoms with van der Waals surface area (Å²) in [6, 6.07) is 18.4. The number of H-pyrrole nitrogens is 1. The molecule has 6 heteroatoms. The van der Waals surface area contributed by atoms with Gasteiger partial charge in [0.2, 0.25) is 0 Å². The molecule has 0 fully saturated rings. The summed E-state index contributed by atoms with van der Waals surface area (Å²) >= 11 is 0. The van der Waals surface area contributed by atoms with Gasteiger partial charge in [0, 0.05) is 12.1 Å². The van der Waals surface area contributed by atoms with Crippen LogP contribution in [0.2, 0.25) is 0 Å². The summed E-state index contributed by atoms with van der Waals surface area (Å²) < 4.78 is 1.94. The number of nitro benzene ring substituents is 1. The summed E-state index contributed by atoms with van der Waals surface area (Å²) in [7, 11) is 0. The van der Waals surface area contributed by atoms with E-state index >= 15 is 0 Å². The Bertz CT molecular complexity index is 1220. The Morgan fingerprint density at radius 1 is 0.833 bits per heavy atom. The molecular weight excluding hydrogens is 376 g/mol. The minimum absolute atomic E-state index is 0.0927. The predicted molar refractivity (Wildman–Crippen MR) is 118 cm³/mol. The highest BCUT2D eigenvalue weighted by Gasteiger charge is 2.12. The number of benzene rings is 2. The molecule has 0 radical (unpaired) electrons. The summed E-state index contributed by atoms with van der Waals surface area (Å²) in [5.74, 6) is 0.781. The van der Waals surface area contributed by atoms with Crippen molar-refractivity contribution in [1.29, 1.82) is 0 Å². The van der Waals surface area contributed by atoms with Crippen molar-refractivity contribution in [3.8, 4) is 5.95 Å². The molecule has 6 nitrogen and oxygen atoms in total. The van der Waals surface area contributed by atoms with Gasteiger partial charge in [-0.05, 0) is 47.5 Å². The number of pyridine rings is 1. The molecule has 0 amide bonds. The third-order valence-corrected chi connectivity index (χ3v) is 4.49. The fraction of sp³-hybridized carbons (Fsp3) is 0. The van der Waals surface area contributed by atoms with Crippen molar-refractivity contribution in [2.75, 3.05) is 0 Å². The monoisotopic (exact) mass is 395 g/mol. The summed E-state index contributed by atoms with van der Waals surface area (Å²) in [5.41, 5.74) is 4.03. The highest BCUT2D eigenvalue weighted by Crippen LogP contribution is 2.13. The molecule has 0 aliphatic rings. The van der Waals surface area contributed by atoms with E-state index in [2.05, 4.69) is 9.97 Å². The molecule has 2 heterocycles. The van der Waals surface area contributed by atoms with Gasteiger partial charge in [-0.25, -0.2) is 9.55 Å². The number of hydrogen-bond acceptors (Lipinski definition) is 3. The molecule has 0 bridgehead atoms. The van der Waals surface area contributed by atoms with E-state index in [1.165, 1.54) is 12.1 Å². The molecule has 1 N–H and O–H groups in total. The van der Waals surface area contributed by atoms with Crippen molar-refractivity contribution < 1.29 is 9.49 Å². The van der Waals surface area contributed by atoms with Gasteiger partial charge in [0.1, 0.15) is 5.52 Å². The molecule has 2 aromatic heterocycles. The van der Waals surface area contributed by atoms with Crippen LogP contribution in [0, 0.1) is 10.1 Å². The highest BCUT2D eigenvalue weighted by atomic mass is 16.6. The predicted octanol–water partition coefficient (Wildman–Crippen LogP) is 5.03. The lowest BCUT2D eigenvalue weighted by Crippen LogP contribution is -2.30. The van der Waals surface area contributed by atoms with E-state index in [1.54, 1.807) is 12.1 Å². The molecule has 146 valence electrons. The molecular formula is C24H19N4O2+. The fourth-order valence-electron chi connectivity index (χ4n) is 2.92. The first-order valence-electron chi connectivity index (χ1n) is 9.41. The van der Waals surface area contributed by atoms with E-state index in [0.717, 1.165) is 28.1 Å². The van der Waals surface area contributed by atoms with Crippen molar-refractivity contribution in [2.24, 2.45) is 0 Å². The van der Waals surface area contributed by atoms with E-state index in [-0.39, 0.29) is 5.69 Å². The standard InChI is InChI=1S/C24H19N4O2/c29-28(30)21-13-11-19(12-14-21)7-3-1-2-4-8-20-15-17-27(18-16-20)24-25-22-9-5-6-10-23(22)26-24/h1-18H,(H,25,26)/q+1/b2-1+,7-3+,8-4+. The van der Waals surface area contributed by atoms with Gasteiger partial charge >= 0.3 is 5.95 Å². The molecule has 0 atom stereocenters. The third kappa shape index (κ3) is 4.56. The van der Waals surface area contributed by atoms with Crippen LogP contribution >= 0.6 is 0 Å². The maximum Gasteiger partial charge on any atom is 0.401 e. The number of fused-ring (bicyclic) bond motifs is 1. The number of nitrogens with one attached hydrogen (secondary N) is 1. The topological polar surface area (TPSA) is 75.7 Å². The quantitative estimate of drug-likeness (QED) is 0.215. The van der Waals surface area contributed by atoms with E-state index in [1.807, 2.05) is 89.8 Å². The van der Waals surface area contributed by atoms with E-state index in [9.17, 15) is 10.1 Å². The Labute approximate surface area is 173 Å². The maximum absolute atomic E-state index is 10.7. The second-order valence-corrected chi connectivity index (χ2v) is 6.57. The van der Waals surface area contributed by atoms with E-state index < -0.39 is 4.92 Å². The molecule has 0 saturated heterocycles. The lowest BCUT2D eigenvalue weighted by Gasteiger charge is -1.95. The third-order valence-electron chi connectivity index (χ3n) is 4.49. The minimum atomic E-state index is -0.403. The maximum atomic E-state index is 10.7. The summed E-state index contributed by atoms with van der Waals surface area (Å²) in [6.07, 6.45) is 15.5. The van der Waals surface area contributed by atoms with Gasteiger partial charge in [0.15, 0.2) is 5.52 Å². The van der Waals surface area contributed by atoms with Crippen molar-refractivity contribution in [2.45, 2.75) is 0 Å². The molecule has 0 saturated carbocycles. The first-order chi connectivity index (χ1) is 14.7. The molecule has 0 unspecified atom stereocenters. The van der Waals surface area contributed by atoms with Crippen LogP contribution in [0.5, 0.6) is 0 Å². The van der Waals surface area contributed by atoms with Crippen LogP contribution in [0.1, 0.15) is 11.1 Å². The summed E-state index contributed by atoms with van der Waals surface area (Å²) in [5, 5.41) is 10.7. The molecule has 0 spiro atoms. The zero-order chi connectivity index (χ0) is 20.8. The first kappa shape index (κ1) is 19.0. The van der Waals surface area contributed by atoms with Crippen LogP contribution < -0.4 is 4.57 Å². The van der Waals surface area contributed by atoms with Crippen LogP contribution in [0.4, 0.5) is 5.69 Å². The van der Waals surface area contributed by atoms with Gasteiger partial charge < -0.3 is 0 Å². The first-order valence-corrected chi connectivity index (χ1v) is 9.41. The van der Waals surface area contributed by atoms with Gasteiger partial charge in [-0.1, -0.05) is 53.6 Å². The van der Waals surface area contributed by atoms with Crippen molar-refractivity contribution in [3.05, 3.63) is 119 Å². The number of non-ortho nitro benzene ring substituents is 1. The Kier molecular flexibility index (Phi) is 5.57. The molecule has 4 rings (SSSR count). The number of imidazole rings is 1. The Balaban J connectivity index is 1.35. The Hall–Kier alpha value is -4.32. The second kappa shape index (κ2) is 8.79. The van der Waals surface area contributed by atoms with Gasteiger partial charge in [-0.3, -0.25) is 10.1 Å². The van der Waals surface area contributed by atoms with E-state index in [4.69, 9.17) is 0 Å². The average molecular weight is 395 g/mol. The van der Waals surface area contributed by atoms with Crippen molar-refractivity contribution >= 4 is 28.9 Å². The van der Waals surface area contributed by atoms with Crippen molar-refractivity contribution in [3.63, 3.8) is 0 Å². The van der Waals surface area contributed by atoms with Gasteiger partial charge in [-0.2, -0.15) is 0 Å². The summed E-state index contributed by atoms with van der Waals surface area (Å²) in [6.45, 7) is 0. The smallest absolute Gasteiger partial charge is 0.258 e. The van der Waals surface area contributed by atoms with Gasteiger partial charge in [-0.15, -0.1) is 0 Å². The zero-order valence-electron chi connectivity index (χ0n) is 16.1. The number of para-hydroxylation sites is 2. The number of rotatable bonds is 6. The van der Waals surface area contributed by atoms with Gasteiger partial charge in [0.05, 0.1) is 17.3 Å². The largest absolute Gasteiger partial charge is 0.401 e. The lowest BCUT2D eigenvalue weighted by molar-refractivity contribution is -0.603. The number of nitro groups is 1. The average Bonchev–Trinajstić information content (AvgIpc) is 3.21. The fourth-order valence-corrected chi connectivity index (χ4v) is 2.92. The number of aromatic amines is 1. The van der Waals surface area contributed by atoms with Crippen LogP contribution in [0.3, 0.4) is 0 Å². The molecule has 2 aromatic carbocycles. The molecule has 0 aliphatic carbocycles. The van der Waals surface area contributed by atoms with Crippen LogP contribution in [-0.4, -0.2) is 14.9 Å². The van der Waals surface area contributed by atoms with Crippen LogP contribution in [0.15, 0.2) is 97.4 Å². The van der Waals surface area contributed by atoms with Gasteiger partial charge in [0.25, 0.3) is 5.69 Å². The number of nitrogens with zero attached hydrogens (tertiary/aromatic N) is 3. The Morgan fingerprint density at radius 3 is 2.10 bits per heavy atom. The van der Waals surface area contributed by atoms with E-state index in [0.29, 0.717) is 0 Å². The summed E-state index contributed by atoms with van der Waals surface area (Å²) in [4.78, 5) is 18.1. The minimum Gasteiger partial charge on any atom is -0.258 e. The number of hydrogen-bond donors (Lipinski definition) is 1. The lowest BCUT2D eigenvalue weighted by atomic mass is 10.2. The normalized spacial score (nSPS) is 11.9. The number of allylic oxidation sites excluding steroid dienone is 4. The zero-order valence-corrected chi connectivity index (χ0v) is 16.1. The molecule has 30 heavy (non-hydrogen) atoms. The highest BCUT2D eigenvalue weighted by molar-refractivity contribution is 5.75. The van der Waals surface area contributed by atoms with Crippen LogP contribution in [-0.2, 0) is 0 Å². The Morgan fingerprint density at radius 2 is 1.47 bits per heavy atom. The molecule has 0 aliphatic heterocycles. The molecule has 4 aromatic rings. The number of aromatic nitrogens is 3. The SMILES string of the molecule is O=[N+]([O-])c1ccc(/C=C/C=C/C=C/c2cc[n+](-c3nc4ccccc4[nH]3)cc2)cc1. The second-order valence-electron chi connectivity index (χ2n) is 6.57. The van der Waals surface area contributed by atoms with Crippen LogP contribution in [0.25, 0.3) is 29.1 Å².